The number of fused-ring (bicyclic) bond motifs is 1. The molecule has 110 valence electrons. The summed E-state index contributed by atoms with van der Waals surface area (Å²) < 4.78 is 0.645. The first-order valence-electron chi connectivity index (χ1n) is 6.77. The van der Waals surface area contributed by atoms with E-state index in [-0.39, 0.29) is 16.9 Å². The number of halogens is 1. The molecule has 0 bridgehead atoms. The van der Waals surface area contributed by atoms with E-state index in [1.807, 2.05) is 36.4 Å². The molecule has 0 saturated heterocycles. The van der Waals surface area contributed by atoms with Crippen molar-refractivity contribution in [3.8, 4) is 0 Å². The van der Waals surface area contributed by atoms with E-state index in [2.05, 4.69) is 18.8 Å². The second-order valence-electron chi connectivity index (χ2n) is 6.57. The quantitative estimate of drug-likeness (QED) is 0.760. The Morgan fingerprint density at radius 2 is 2.05 bits per heavy atom. The molecule has 1 atom stereocenters. The highest BCUT2D eigenvalue weighted by Crippen LogP contribution is 2.43. The first-order chi connectivity index (χ1) is 9.14. The van der Waals surface area contributed by atoms with E-state index in [0.717, 1.165) is 12.1 Å². The van der Waals surface area contributed by atoms with Gasteiger partial charge < -0.3 is 10.2 Å². The maximum atomic E-state index is 11.5. The fourth-order valence-corrected chi connectivity index (χ4v) is 4.06. The monoisotopic (exact) mass is 389 g/mol. The molecule has 0 aromatic carbocycles. The van der Waals surface area contributed by atoms with Crippen molar-refractivity contribution < 1.29 is 15.0 Å². The largest absolute Gasteiger partial charge is 0.478 e. The number of aliphatic hydroxyl groups excluding tert-OH is 1. The Balaban J connectivity index is 2.72. The molecule has 1 heterocycles. The van der Waals surface area contributed by atoms with Crippen molar-refractivity contribution >= 4 is 28.6 Å². The summed E-state index contributed by atoms with van der Waals surface area (Å²) in [6, 6.07) is 0. The number of rotatable bonds is 2. The Kier molecular flexibility index (Phi) is 4.12. The van der Waals surface area contributed by atoms with E-state index >= 15 is 0 Å². The summed E-state index contributed by atoms with van der Waals surface area (Å²) in [6.45, 7) is 8.10. The highest BCUT2D eigenvalue weighted by Gasteiger charge is 2.36. The molecule has 5 heteroatoms. The van der Waals surface area contributed by atoms with Gasteiger partial charge in [0.15, 0.2) is 0 Å². The highest BCUT2D eigenvalue weighted by atomic mass is 127. The lowest BCUT2D eigenvalue weighted by molar-refractivity contribution is 0.0691. The van der Waals surface area contributed by atoms with Gasteiger partial charge in [-0.15, -0.1) is 0 Å². The number of aliphatic hydroxyl groups is 1. The molecule has 20 heavy (non-hydrogen) atoms. The topological polar surface area (TPSA) is 70.4 Å². The van der Waals surface area contributed by atoms with Crippen LogP contribution in [0.1, 0.15) is 73.4 Å². The van der Waals surface area contributed by atoms with Crippen molar-refractivity contribution in [1.82, 2.24) is 4.98 Å². The molecule has 2 rings (SSSR count). The molecule has 0 aliphatic heterocycles. The molecule has 4 nitrogen and oxygen atoms in total. The van der Waals surface area contributed by atoms with Gasteiger partial charge in [0.05, 0.1) is 17.4 Å². The van der Waals surface area contributed by atoms with Crippen LogP contribution in [0, 0.1) is 8.99 Å². The molecule has 0 saturated carbocycles. The maximum Gasteiger partial charge on any atom is 0.338 e. The predicted molar refractivity (Wildman–Crippen MR) is 85.1 cm³/mol. The van der Waals surface area contributed by atoms with Crippen LogP contribution in [0.2, 0.25) is 0 Å². The number of carbonyl (C=O) groups is 1. The first-order valence-corrected chi connectivity index (χ1v) is 7.85. The van der Waals surface area contributed by atoms with E-state index in [0.29, 0.717) is 21.2 Å². The van der Waals surface area contributed by atoms with E-state index in [4.69, 9.17) is 0 Å². The second-order valence-corrected chi connectivity index (χ2v) is 7.65. The number of carboxylic acids is 1. The summed E-state index contributed by atoms with van der Waals surface area (Å²) >= 11 is 2.04. The number of carboxylic acid groups (broad SMARTS) is 1. The third-order valence-electron chi connectivity index (χ3n) is 3.76. The zero-order valence-corrected chi connectivity index (χ0v) is 14.4. The number of aromatic carboxylic acids is 1. The van der Waals surface area contributed by atoms with Gasteiger partial charge in [0.1, 0.15) is 0 Å². The van der Waals surface area contributed by atoms with Gasteiger partial charge in [0.25, 0.3) is 0 Å². The van der Waals surface area contributed by atoms with E-state index < -0.39 is 12.1 Å². The zero-order valence-electron chi connectivity index (χ0n) is 12.2. The Labute approximate surface area is 132 Å². The minimum atomic E-state index is -0.967. The fourth-order valence-electron chi connectivity index (χ4n) is 2.88. The minimum absolute atomic E-state index is 0.0124. The fraction of sp³-hybridized carbons (Fsp3) is 0.600. The van der Waals surface area contributed by atoms with Crippen LogP contribution < -0.4 is 0 Å². The number of hydrogen-bond acceptors (Lipinski definition) is 3. The molecule has 0 spiro atoms. The van der Waals surface area contributed by atoms with E-state index in [1.165, 1.54) is 0 Å². The molecule has 0 unspecified atom stereocenters. The first kappa shape index (κ1) is 15.7. The van der Waals surface area contributed by atoms with Gasteiger partial charge in [-0.05, 0) is 46.8 Å². The lowest BCUT2D eigenvalue weighted by Crippen LogP contribution is -2.29. The minimum Gasteiger partial charge on any atom is -0.478 e. The Morgan fingerprint density at radius 1 is 1.45 bits per heavy atom. The van der Waals surface area contributed by atoms with Gasteiger partial charge in [0.2, 0.25) is 0 Å². The molecular weight excluding hydrogens is 369 g/mol. The number of nitrogens with zero attached hydrogens (tertiary/aromatic N) is 1. The maximum absolute atomic E-state index is 11.5. The van der Waals surface area contributed by atoms with Gasteiger partial charge >= 0.3 is 5.97 Å². The van der Waals surface area contributed by atoms with Crippen molar-refractivity contribution in [1.29, 1.82) is 0 Å². The van der Waals surface area contributed by atoms with E-state index in [9.17, 15) is 15.0 Å². The van der Waals surface area contributed by atoms with Crippen LogP contribution in [0.3, 0.4) is 0 Å². The van der Waals surface area contributed by atoms with Crippen molar-refractivity contribution in [3.05, 3.63) is 26.1 Å². The average molecular weight is 389 g/mol. The lowest BCUT2D eigenvalue weighted by Gasteiger charge is -2.35. The van der Waals surface area contributed by atoms with Gasteiger partial charge in [-0.25, -0.2) is 4.79 Å². The van der Waals surface area contributed by atoms with E-state index in [1.54, 1.807) is 0 Å². The summed E-state index contributed by atoms with van der Waals surface area (Å²) in [6.07, 6.45) is 0.778. The zero-order chi connectivity index (χ0) is 15.2. The lowest BCUT2D eigenvalue weighted by atomic mass is 9.74. The molecule has 1 aromatic heterocycles. The molecule has 0 radical (unpaired) electrons. The molecule has 1 aliphatic rings. The van der Waals surface area contributed by atoms with Crippen LogP contribution in [0.4, 0.5) is 0 Å². The van der Waals surface area contributed by atoms with Gasteiger partial charge in [-0.3, -0.25) is 4.98 Å². The summed E-state index contributed by atoms with van der Waals surface area (Å²) in [4.78, 5) is 16.1. The molecule has 2 N–H and O–H groups in total. The predicted octanol–water partition coefficient (Wildman–Crippen LogP) is 3.51. The highest BCUT2D eigenvalue weighted by molar-refractivity contribution is 14.1. The number of pyridine rings is 1. The summed E-state index contributed by atoms with van der Waals surface area (Å²) in [5, 5.41) is 19.8. The summed E-state index contributed by atoms with van der Waals surface area (Å²) in [5.41, 5.74) is 2.42. The molecule has 1 aliphatic carbocycles. The third-order valence-corrected chi connectivity index (χ3v) is 4.88. The van der Waals surface area contributed by atoms with Crippen molar-refractivity contribution in [2.75, 3.05) is 0 Å². The van der Waals surface area contributed by atoms with Crippen molar-refractivity contribution in [2.45, 2.75) is 52.6 Å². The third kappa shape index (κ3) is 2.70. The summed E-state index contributed by atoms with van der Waals surface area (Å²) in [7, 11) is 0. The number of hydrogen-bond donors (Lipinski definition) is 2. The summed E-state index contributed by atoms with van der Waals surface area (Å²) in [5.74, 6) is -0.924. The van der Waals surface area contributed by atoms with Gasteiger partial charge in [-0.2, -0.15) is 0 Å². The molecule has 1 aromatic rings. The Bertz CT molecular complexity index is 567. The van der Waals surface area contributed by atoms with Crippen molar-refractivity contribution in [3.63, 3.8) is 0 Å². The standard InChI is InChI=1S/C15H20INO3/c1-7(2)13-11(14(19)20)12(16)10-8(17-13)5-15(3,4)6-9(10)18/h7,9,18H,5-6H2,1-4H3,(H,19,20)/t9-/m0/s1. The van der Waals surface area contributed by atoms with Crippen molar-refractivity contribution in [2.24, 2.45) is 5.41 Å². The van der Waals surface area contributed by atoms with Crippen LogP contribution in [0.5, 0.6) is 0 Å². The SMILES string of the molecule is CC(C)c1nc2c(c(I)c1C(=O)O)[C@@H](O)CC(C)(C)C2. The normalized spacial score (nSPS) is 20.9. The second kappa shape index (κ2) is 5.26. The smallest absolute Gasteiger partial charge is 0.338 e. The average Bonchev–Trinajstić information content (AvgIpc) is 2.24. The van der Waals surface area contributed by atoms with Crippen LogP contribution in [-0.2, 0) is 6.42 Å². The molecular formula is C15H20INO3. The van der Waals surface area contributed by atoms with Crippen LogP contribution in [-0.4, -0.2) is 21.2 Å². The van der Waals surface area contributed by atoms with Gasteiger partial charge in [0, 0.05) is 14.8 Å². The Morgan fingerprint density at radius 3 is 2.55 bits per heavy atom. The van der Waals surface area contributed by atoms with Crippen LogP contribution >= 0.6 is 22.6 Å². The van der Waals surface area contributed by atoms with Crippen LogP contribution in [0.15, 0.2) is 0 Å². The van der Waals surface area contributed by atoms with Crippen LogP contribution in [0.25, 0.3) is 0 Å². The Hall–Kier alpha value is -0.690. The molecule has 0 fully saturated rings. The molecule has 0 amide bonds. The van der Waals surface area contributed by atoms with Gasteiger partial charge in [-0.1, -0.05) is 27.7 Å². The number of aromatic nitrogens is 1.